The zero-order chi connectivity index (χ0) is 13.8. The molecule has 0 radical (unpaired) electrons. The van der Waals surface area contributed by atoms with Crippen LogP contribution in [0.5, 0.6) is 0 Å². The molecule has 0 aromatic heterocycles. The minimum absolute atomic E-state index is 0.182. The maximum Gasteiger partial charge on any atom is 0.0642 e. The lowest BCUT2D eigenvalue weighted by atomic mass is 9.95. The van der Waals surface area contributed by atoms with Crippen molar-refractivity contribution < 1.29 is 0 Å². The molecule has 19 heavy (non-hydrogen) atoms. The normalized spacial score (nSPS) is 21.5. The minimum atomic E-state index is 0.182. The molecule has 2 nitrogen and oxygen atoms in total. The van der Waals surface area contributed by atoms with E-state index in [4.69, 9.17) is 17.3 Å². The van der Waals surface area contributed by atoms with Gasteiger partial charge in [0.05, 0.1) is 10.7 Å². The van der Waals surface area contributed by atoms with Crippen LogP contribution in [0.25, 0.3) is 0 Å². The number of hydrogen-bond donors (Lipinski definition) is 1. The fraction of sp³-hybridized carbons (Fsp3) is 0.625. The summed E-state index contributed by atoms with van der Waals surface area (Å²) in [5.41, 5.74) is 8.26. The van der Waals surface area contributed by atoms with E-state index in [2.05, 4.69) is 30.0 Å². The Morgan fingerprint density at radius 1 is 1.47 bits per heavy atom. The SMILES string of the molecule is CCC1CCCN(c2ccc(CC(C)N)cc2Cl)C1. The second-order valence-corrected chi connectivity index (χ2v) is 6.24. The number of anilines is 1. The number of rotatable bonds is 4. The number of benzene rings is 1. The van der Waals surface area contributed by atoms with E-state index in [1.807, 2.05) is 6.92 Å². The Kier molecular flexibility index (Phi) is 5.12. The van der Waals surface area contributed by atoms with Crippen molar-refractivity contribution in [1.82, 2.24) is 0 Å². The molecular formula is C16H25ClN2. The van der Waals surface area contributed by atoms with Gasteiger partial charge in [0, 0.05) is 19.1 Å². The van der Waals surface area contributed by atoms with Crippen molar-refractivity contribution >= 4 is 17.3 Å². The molecule has 0 aliphatic carbocycles. The summed E-state index contributed by atoms with van der Waals surface area (Å²) in [6.45, 7) is 6.57. The van der Waals surface area contributed by atoms with E-state index in [1.165, 1.54) is 30.5 Å². The van der Waals surface area contributed by atoms with Crippen LogP contribution < -0.4 is 10.6 Å². The number of halogens is 1. The first-order chi connectivity index (χ1) is 9.10. The molecule has 2 unspecified atom stereocenters. The van der Waals surface area contributed by atoms with Crippen LogP contribution in [0.4, 0.5) is 5.69 Å². The summed E-state index contributed by atoms with van der Waals surface area (Å²) in [5.74, 6) is 0.813. The van der Waals surface area contributed by atoms with Crippen molar-refractivity contribution in [3.8, 4) is 0 Å². The first kappa shape index (κ1) is 14.7. The van der Waals surface area contributed by atoms with Crippen molar-refractivity contribution in [3.63, 3.8) is 0 Å². The molecule has 2 rings (SSSR count). The average Bonchev–Trinajstić information content (AvgIpc) is 2.38. The van der Waals surface area contributed by atoms with Crippen LogP contribution >= 0.6 is 11.6 Å². The van der Waals surface area contributed by atoms with Crippen LogP contribution in [0, 0.1) is 5.92 Å². The lowest BCUT2D eigenvalue weighted by Crippen LogP contribution is -2.35. The Balaban J connectivity index is 2.11. The zero-order valence-electron chi connectivity index (χ0n) is 12.0. The quantitative estimate of drug-likeness (QED) is 0.907. The van der Waals surface area contributed by atoms with E-state index in [0.29, 0.717) is 0 Å². The molecule has 3 heteroatoms. The summed E-state index contributed by atoms with van der Waals surface area (Å²) >= 11 is 6.45. The van der Waals surface area contributed by atoms with Crippen molar-refractivity contribution in [2.45, 2.75) is 45.6 Å². The van der Waals surface area contributed by atoms with Gasteiger partial charge in [-0.25, -0.2) is 0 Å². The van der Waals surface area contributed by atoms with Gasteiger partial charge in [-0.15, -0.1) is 0 Å². The smallest absolute Gasteiger partial charge is 0.0642 e. The van der Waals surface area contributed by atoms with E-state index in [9.17, 15) is 0 Å². The molecule has 106 valence electrons. The summed E-state index contributed by atoms with van der Waals surface area (Å²) in [4.78, 5) is 2.44. The van der Waals surface area contributed by atoms with Gasteiger partial charge in [0.2, 0.25) is 0 Å². The molecular weight excluding hydrogens is 256 g/mol. The number of hydrogen-bond acceptors (Lipinski definition) is 2. The predicted molar refractivity (Wildman–Crippen MR) is 84.0 cm³/mol. The van der Waals surface area contributed by atoms with Crippen LogP contribution in [0.1, 0.15) is 38.7 Å². The van der Waals surface area contributed by atoms with Gasteiger partial charge in [-0.3, -0.25) is 0 Å². The van der Waals surface area contributed by atoms with Crippen LogP contribution in [0.2, 0.25) is 5.02 Å². The van der Waals surface area contributed by atoms with Crippen molar-refractivity contribution in [1.29, 1.82) is 0 Å². The topological polar surface area (TPSA) is 29.3 Å². The first-order valence-electron chi connectivity index (χ1n) is 7.39. The van der Waals surface area contributed by atoms with E-state index >= 15 is 0 Å². The number of nitrogens with two attached hydrogens (primary N) is 1. The van der Waals surface area contributed by atoms with E-state index in [1.54, 1.807) is 0 Å². The summed E-state index contributed by atoms with van der Waals surface area (Å²) in [6.07, 6.45) is 4.78. The third-order valence-corrected chi connectivity index (χ3v) is 4.31. The second kappa shape index (κ2) is 6.62. The zero-order valence-corrected chi connectivity index (χ0v) is 12.8. The Morgan fingerprint density at radius 2 is 2.26 bits per heavy atom. The highest BCUT2D eigenvalue weighted by molar-refractivity contribution is 6.33. The molecule has 1 aliphatic rings. The molecule has 1 aromatic rings. The molecule has 1 fully saturated rings. The number of piperidine rings is 1. The Morgan fingerprint density at radius 3 is 2.89 bits per heavy atom. The van der Waals surface area contributed by atoms with E-state index in [-0.39, 0.29) is 6.04 Å². The van der Waals surface area contributed by atoms with E-state index in [0.717, 1.165) is 30.5 Å². The molecule has 1 saturated heterocycles. The highest BCUT2D eigenvalue weighted by Crippen LogP contribution is 2.31. The molecule has 0 spiro atoms. The fourth-order valence-electron chi connectivity index (χ4n) is 2.92. The van der Waals surface area contributed by atoms with Gasteiger partial charge in [0.15, 0.2) is 0 Å². The van der Waals surface area contributed by atoms with Gasteiger partial charge >= 0.3 is 0 Å². The molecule has 2 atom stereocenters. The molecule has 1 aliphatic heterocycles. The molecule has 1 heterocycles. The summed E-state index contributed by atoms with van der Waals surface area (Å²) in [7, 11) is 0. The van der Waals surface area contributed by atoms with Crippen LogP contribution in [0.15, 0.2) is 18.2 Å². The van der Waals surface area contributed by atoms with Crippen LogP contribution in [-0.4, -0.2) is 19.1 Å². The van der Waals surface area contributed by atoms with Crippen molar-refractivity contribution in [2.24, 2.45) is 11.7 Å². The Hall–Kier alpha value is -0.730. The Labute approximate surface area is 121 Å². The van der Waals surface area contributed by atoms with Gasteiger partial charge in [0.25, 0.3) is 0 Å². The minimum Gasteiger partial charge on any atom is -0.370 e. The second-order valence-electron chi connectivity index (χ2n) is 5.83. The Bertz CT molecular complexity index is 417. The molecule has 2 N–H and O–H groups in total. The molecule has 1 aromatic carbocycles. The third kappa shape index (κ3) is 3.87. The van der Waals surface area contributed by atoms with E-state index < -0.39 is 0 Å². The lowest BCUT2D eigenvalue weighted by molar-refractivity contribution is 0.405. The number of nitrogens with zero attached hydrogens (tertiary/aromatic N) is 1. The molecule has 0 amide bonds. The van der Waals surface area contributed by atoms with Gasteiger partial charge < -0.3 is 10.6 Å². The maximum absolute atomic E-state index is 6.45. The van der Waals surface area contributed by atoms with Gasteiger partial charge in [-0.05, 0) is 49.8 Å². The summed E-state index contributed by atoms with van der Waals surface area (Å²) in [6, 6.07) is 6.59. The van der Waals surface area contributed by atoms with Crippen LogP contribution in [0.3, 0.4) is 0 Å². The summed E-state index contributed by atoms with van der Waals surface area (Å²) < 4.78 is 0. The van der Waals surface area contributed by atoms with Gasteiger partial charge in [-0.1, -0.05) is 31.0 Å². The average molecular weight is 281 g/mol. The monoisotopic (exact) mass is 280 g/mol. The summed E-state index contributed by atoms with van der Waals surface area (Å²) in [5, 5.41) is 0.870. The highest BCUT2D eigenvalue weighted by Gasteiger charge is 2.20. The van der Waals surface area contributed by atoms with Crippen LogP contribution in [-0.2, 0) is 6.42 Å². The van der Waals surface area contributed by atoms with Gasteiger partial charge in [0.1, 0.15) is 0 Å². The first-order valence-corrected chi connectivity index (χ1v) is 7.77. The molecule has 0 saturated carbocycles. The standard InChI is InChI=1S/C16H25ClN2/c1-3-13-5-4-8-19(11-13)16-7-6-14(9-12(2)18)10-15(16)17/h6-7,10,12-13H,3-5,8-9,11,18H2,1-2H3. The van der Waals surface area contributed by atoms with Gasteiger partial charge in [-0.2, -0.15) is 0 Å². The highest BCUT2D eigenvalue weighted by atomic mass is 35.5. The van der Waals surface area contributed by atoms with Crippen molar-refractivity contribution in [3.05, 3.63) is 28.8 Å². The fourth-order valence-corrected chi connectivity index (χ4v) is 3.25. The lowest BCUT2D eigenvalue weighted by Gasteiger charge is -2.34. The van der Waals surface area contributed by atoms with Crippen molar-refractivity contribution in [2.75, 3.05) is 18.0 Å². The third-order valence-electron chi connectivity index (χ3n) is 4.01. The largest absolute Gasteiger partial charge is 0.370 e. The predicted octanol–water partition coefficient (Wildman–Crippen LogP) is 3.86. The molecule has 0 bridgehead atoms. The maximum atomic E-state index is 6.45.